The van der Waals surface area contributed by atoms with E-state index in [1.165, 1.54) is 22.7 Å². The molecular formula is C19H18N4OS. The minimum absolute atomic E-state index is 0.231. The molecule has 0 unspecified atom stereocenters. The van der Waals surface area contributed by atoms with E-state index in [1.54, 1.807) is 17.4 Å². The molecule has 1 fully saturated rings. The molecule has 6 heteroatoms. The van der Waals surface area contributed by atoms with Crippen LogP contribution in [0.3, 0.4) is 0 Å². The predicted octanol–water partition coefficient (Wildman–Crippen LogP) is 3.56. The van der Waals surface area contributed by atoms with Crippen LogP contribution in [0.5, 0.6) is 0 Å². The first-order valence-electron chi connectivity index (χ1n) is 8.17. The number of carbonyl (C=O) groups excluding carboxylic acids is 1. The van der Waals surface area contributed by atoms with E-state index >= 15 is 0 Å². The average molecular weight is 350 g/mol. The molecule has 0 radical (unpaired) electrons. The Balaban J connectivity index is 1.86. The lowest BCUT2D eigenvalue weighted by atomic mass is 10.00. The SMILES string of the molecule is Cc1nc(C2CC2)sc1-c1cccc2ccc(C(=O)N=C(N)N)cc12. The molecule has 3 aromatic rings. The van der Waals surface area contributed by atoms with E-state index in [0.29, 0.717) is 11.5 Å². The van der Waals surface area contributed by atoms with E-state index in [4.69, 9.17) is 16.5 Å². The highest BCUT2D eigenvalue weighted by atomic mass is 32.1. The fraction of sp³-hybridized carbons (Fsp3) is 0.211. The van der Waals surface area contributed by atoms with Crippen LogP contribution in [0.2, 0.25) is 0 Å². The summed E-state index contributed by atoms with van der Waals surface area (Å²) in [4.78, 5) is 21.7. The molecule has 0 bridgehead atoms. The van der Waals surface area contributed by atoms with Crippen LogP contribution in [-0.2, 0) is 0 Å². The zero-order valence-corrected chi connectivity index (χ0v) is 14.6. The monoisotopic (exact) mass is 350 g/mol. The number of aliphatic imine (C=N–C) groups is 1. The average Bonchev–Trinajstić information content (AvgIpc) is 3.36. The summed E-state index contributed by atoms with van der Waals surface area (Å²) in [5.41, 5.74) is 13.3. The van der Waals surface area contributed by atoms with Crippen molar-refractivity contribution in [1.82, 2.24) is 4.98 Å². The number of hydrogen-bond acceptors (Lipinski definition) is 3. The van der Waals surface area contributed by atoms with Crippen molar-refractivity contribution in [3.05, 3.63) is 52.7 Å². The third-order valence-corrected chi connectivity index (χ3v) is 5.70. The Labute approximate surface area is 149 Å². The summed E-state index contributed by atoms with van der Waals surface area (Å²) in [6.07, 6.45) is 2.47. The Morgan fingerprint density at radius 3 is 2.76 bits per heavy atom. The first kappa shape index (κ1) is 15.8. The second kappa shape index (κ2) is 5.97. The fourth-order valence-electron chi connectivity index (χ4n) is 2.96. The standard InChI is InChI=1S/C19H18N4OS/c1-10-16(25-18(22-10)12-6-7-12)14-4-2-3-11-5-8-13(9-15(11)14)17(24)23-19(20)21/h2-5,8-9,12H,6-7H2,1H3,(H4,20,21,23,24). The van der Waals surface area contributed by atoms with Crippen molar-refractivity contribution in [2.75, 3.05) is 0 Å². The molecule has 1 aliphatic carbocycles. The minimum Gasteiger partial charge on any atom is -0.370 e. The summed E-state index contributed by atoms with van der Waals surface area (Å²) in [5, 5.41) is 3.30. The quantitative estimate of drug-likeness (QED) is 0.558. The fourth-order valence-corrected chi connectivity index (χ4v) is 4.23. The van der Waals surface area contributed by atoms with Crippen molar-refractivity contribution in [3.63, 3.8) is 0 Å². The van der Waals surface area contributed by atoms with E-state index in [9.17, 15) is 4.79 Å². The normalized spacial score (nSPS) is 13.8. The van der Waals surface area contributed by atoms with Crippen molar-refractivity contribution in [2.24, 2.45) is 16.5 Å². The Kier molecular flexibility index (Phi) is 3.77. The lowest BCUT2D eigenvalue weighted by molar-refractivity contribution is 0.100. The third-order valence-electron chi connectivity index (χ3n) is 4.34. The van der Waals surface area contributed by atoms with Gasteiger partial charge in [0.2, 0.25) is 0 Å². The molecule has 126 valence electrons. The van der Waals surface area contributed by atoms with Crippen LogP contribution in [0.4, 0.5) is 0 Å². The maximum atomic E-state index is 12.2. The van der Waals surface area contributed by atoms with Gasteiger partial charge >= 0.3 is 0 Å². The lowest BCUT2D eigenvalue weighted by Crippen LogP contribution is -2.24. The van der Waals surface area contributed by atoms with Crippen molar-refractivity contribution >= 4 is 34.0 Å². The van der Waals surface area contributed by atoms with E-state index in [1.807, 2.05) is 31.2 Å². The molecule has 0 aliphatic heterocycles. The number of amides is 1. The van der Waals surface area contributed by atoms with Gasteiger partial charge in [-0.3, -0.25) is 4.79 Å². The van der Waals surface area contributed by atoms with Crippen LogP contribution in [0, 0.1) is 6.92 Å². The highest BCUT2D eigenvalue weighted by Gasteiger charge is 2.28. The predicted molar refractivity (Wildman–Crippen MR) is 102 cm³/mol. The molecule has 1 heterocycles. The summed E-state index contributed by atoms with van der Waals surface area (Å²) in [7, 11) is 0. The van der Waals surface area contributed by atoms with Crippen molar-refractivity contribution < 1.29 is 4.79 Å². The number of benzene rings is 2. The second-order valence-electron chi connectivity index (χ2n) is 6.32. The Bertz CT molecular complexity index is 1010. The molecule has 2 aromatic carbocycles. The molecule has 0 atom stereocenters. The smallest absolute Gasteiger partial charge is 0.280 e. The molecule has 0 saturated heterocycles. The number of aryl methyl sites for hydroxylation is 1. The van der Waals surface area contributed by atoms with Gasteiger partial charge in [-0.15, -0.1) is 11.3 Å². The van der Waals surface area contributed by atoms with Gasteiger partial charge in [-0.05, 0) is 42.7 Å². The third kappa shape index (κ3) is 3.00. The summed E-state index contributed by atoms with van der Waals surface area (Å²) in [5.74, 6) is -0.0337. The zero-order chi connectivity index (χ0) is 17.6. The highest BCUT2D eigenvalue weighted by molar-refractivity contribution is 7.15. The van der Waals surface area contributed by atoms with Gasteiger partial charge in [0.15, 0.2) is 5.96 Å². The van der Waals surface area contributed by atoms with Crippen molar-refractivity contribution in [1.29, 1.82) is 0 Å². The van der Waals surface area contributed by atoms with Gasteiger partial charge in [0, 0.05) is 17.0 Å². The zero-order valence-electron chi connectivity index (χ0n) is 13.8. The molecule has 1 aliphatic rings. The van der Waals surface area contributed by atoms with E-state index in [0.717, 1.165) is 22.0 Å². The number of carbonyl (C=O) groups is 1. The molecule has 1 aromatic heterocycles. The van der Waals surface area contributed by atoms with Crippen LogP contribution >= 0.6 is 11.3 Å². The lowest BCUT2D eigenvalue weighted by Gasteiger charge is -2.07. The topological polar surface area (TPSA) is 94.4 Å². The van der Waals surface area contributed by atoms with Crippen molar-refractivity contribution in [2.45, 2.75) is 25.7 Å². The van der Waals surface area contributed by atoms with Gasteiger partial charge in [-0.1, -0.05) is 24.3 Å². The Morgan fingerprint density at radius 1 is 1.24 bits per heavy atom. The summed E-state index contributed by atoms with van der Waals surface area (Å²) < 4.78 is 0. The molecule has 1 saturated carbocycles. The molecular weight excluding hydrogens is 332 g/mol. The van der Waals surface area contributed by atoms with Crippen molar-refractivity contribution in [3.8, 4) is 10.4 Å². The number of nitrogens with zero attached hydrogens (tertiary/aromatic N) is 2. The minimum atomic E-state index is -0.434. The first-order chi connectivity index (χ1) is 12.0. The van der Waals surface area contributed by atoms with Crippen LogP contribution in [0.15, 0.2) is 41.4 Å². The molecule has 4 rings (SSSR count). The number of nitrogens with two attached hydrogens (primary N) is 2. The number of aromatic nitrogens is 1. The van der Waals surface area contributed by atoms with Gasteiger partial charge in [0.25, 0.3) is 5.91 Å². The van der Waals surface area contributed by atoms with E-state index < -0.39 is 5.91 Å². The maximum Gasteiger partial charge on any atom is 0.280 e. The van der Waals surface area contributed by atoms with Gasteiger partial charge in [-0.2, -0.15) is 4.99 Å². The number of fused-ring (bicyclic) bond motifs is 1. The number of hydrogen-bond donors (Lipinski definition) is 2. The summed E-state index contributed by atoms with van der Waals surface area (Å²) in [6, 6.07) is 11.7. The van der Waals surface area contributed by atoms with E-state index in [-0.39, 0.29) is 5.96 Å². The van der Waals surface area contributed by atoms with Crippen LogP contribution < -0.4 is 11.5 Å². The first-order valence-corrected chi connectivity index (χ1v) is 8.99. The van der Waals surface area contributed by atoms with Crippen LogP contribution in [-0.4, -0.2) is 16.9 Å². The molecule has 0 spiro atoms. The van der Waals surface area contributed by atoms with Gasteiger partial charge in [-0.25, -0.2) is 4.98 Å². The number of rotatable bonds is 3. The summed E-state index contributed by atoms with van der Waals surface area (Å²) >= 11 is 1.76. The number of guanidine groups is 1. The largest absolute Gasteiger partial charge is 0.370 e. The second-order valence-corrected chi connectivity index (χ2v) is 7.35. The maximum absolute atomic E-state index is 12.2. The summed E-state index contributed by atoms with van der Waals surface area (Å²) in [6.45, 7) is 2.05. The van der Waals surface area contributed by atoms with E-state index in [2.05, 4.69) is 11.1 Å². The highest BCUT2D eigenvalue weighted by Crippen LogP contribution is 2.45. The molecule has 25 heavy (non-hydrogen) atoms. The van der Waals surface area contributed by atoms with Crippen LogP contribution in [0.1, 0.15) is 39.8 Å². The Morgan fingerprint density at radius 2 is 2.04 bits per heavy atom. The molecule has 1 amide bonds. The van der Waals surface area contributed by atoms with Crippen LogP contribution in [0.25, 0.3) is 21.2 Å². The van der Waals surface area contributed by atoms with Gasteiger partial charge in [0.05, 0.1) is 15.6 Å². The Hall–Kier alpha value is -2.73. The molecule has 5 nitrogen and oxygen atoms in total. The van der Waals surface area contributed by atoms with Gasteiger partial charge in [0.1, 0.15) is 0 Å². The number of thiazole rings is 1. The van der Waals surface area contributed by atoms with Gasteiger partial charge < -0.3 is 11.5 Å². The molecule has 4 N–H and O–H groups in total.